The second kappa shape index (κ2) is 6.22. The first-order chi connectivity index (χ1) is 10.3. The highest BCUT2D eigenvalue weighted by atomic mass is 16.5. The van der Waals surface area contributed by atoms with Crippen molar-refractivity contribution in [3.63, 3.8) is 0 Å². The molecule has 0 aliphatic carbocycles. The average Bonchev–Trinajstić information content (AvgIpc) is 2.91. The summed E-state index contributed by atoms with van der Waals surface area (Å²) in [5.41, 5.74) is 0.991. The molecule has 0 amide bonds. The van der Waals surface area contributed by atoms with Crippen molar-refractivity contribution >= 4 is 11.7 Å². The summed E-state index contributed by atoms with van der Waals surface area (Å²) in [7, 11) is 1.45. The smallest absolute Gasteiger partial charge is 0.307 e. The van der Waals surface area contributed by atoms with Crippen LogP contribution in [0, 0.1) is 0 Å². The number of carbonyl (C=O) groups excluding carboxylic acids is 1. The molecule has 21 heavy (non-hydrogen) atoms. The molecule has 0 N–H and O–H groups in total. The maximum Gasteiger partial charge on any atom is 0.307 e. The van der Waals surface area contributed by atoms with Gasteiger partial charge in [0.05, 0.1) is 19.2 Å². The van der Waals surface area contributed by atoms with Crippen molar-refractivity contribution in [1.82, 2.24) is 19.3 Å². The van der Waals surface area contributed by atoms with Crippen LogP contribution < -0.4 is 0 Å². The van der Waals surface area contributed by atoms with Gasteiger partial charge < -0.3 is 4.74 Å². The lowest BCUT2D eigenvalue weighted by atomic mass is 9.99. The Morgan fingerprint density at radius 1 is 1.48 bits per heavy atom. The van der Waals surface area contributed by atoms with Crippen LogP contribution in [0.4, 0.5) is 0 Å². The van der Waals surface area contributed by atoms with Gasteiger partial charge in [-0.1, -0.05) is 6.42 Å². The Hall–Kier alpha value is -1.95. The Balaban J connectivity index is 1.72. The van der Waals surface area contributed by atoms with Gasteiger partial charge in [-0.2, -0.15) is 0 Å². The summed E-state index contributed by atoms with van der Waals surface area (Å²) in [6, 6.07) is 2.14. The van der Waals surface area contributed by atoms with Crippen molar-refractivity contribution in [2.75, 3.05) is 13.7 Å². The summed E-state index contributed by atoms with van der Waals surface area (Å²) >= 11 is 0. The van der Waals surface area contributed by atoms with Gasteiger partial charge in [0.25, 0.3) is 0 Å². The van der Waals surface area contributed by atoms with E-state index < -0.39 is 0 Å². The van der Waals surface area contributed by atoms with E-state index in [-0.39, 0.29) is 12.0 Å². The van der Waals surface area contributed by atoms with E-state index >= 15 is 0 Å². The standard InChI is InChI=1S/C15H20N4O2/c1-21-14(20)9-13-5-2-3-7-18(13)10-12-11-19-8-4-6-16-15(19)17-12/h4,6,8,11,13H,2-3,5,7,9-10H2,1H3. The number of fused-ring (bicyclic) bond motifs is 1. The molecule has 1 aliphatic heterocycles. The van der Waals surface area contributed by atoms with Crippen LogP contribution in [0.5, 0.6) is 0 Å². The van der Waals surface area contributed by atoms with Crippen LogP contribution in [-0.2, 0) is 16.1 Å². The van der Waals surface area contributed by atoms with E-state index in [1.807, 2.05) is 22.9 Å². The first kappa shape index (κ1) is 14.0. The largest absolute Gasteiger partial charge is 0.469 e. The number of likely N-dealkylation sites (tertiary alicyclic amines) is 1. The molecule has 2 aromatic heterocycles. The lowest BCUT2D eigenvalue weighted by Crippen LogP contribution is -2.40. The fourth-order valence-electron chi connectivity index (χ4n) is 2.94. The van der Waals surface area contributed by atoms with Crippen LogP contribution in [0.1, 0.15) is 31.4 Å². The highest BCUT2D eigenvalue weighted by Gasteiger charge is 2.25. The summed E-state index contributed by atoms with van der Waals surface area (Å²) in [4.78, 5) is 22.6. The average molecular weight is 288 g/mol. The summed E-state index contributed by atoms with van der Waals surface area (Å²) in [5.74, 6) is 0.581. The van der Waals surface area contributed by atoms with Crippen molar-refractivity contribution < 1.29 is 9.53 Å². The number of imidazole rings is 1. The van der Waals surface area contributed by atoms with E-state index in [2.05, 4.69) is 14.9 Å². The number of hydrogen-bond donors (Lipinski definition) is 0. The molecule has 3 rings (SSSR count). The number of piperidine rings is 1. The third-order valence-corrected chi connectivity index (χ3v) is 4.03. The molecule has 0 bridgehead atoms. The van der Waals surface area contributed by atoms with E-state index in [1.54, 1.807) is 6.20 Å². The molecule has 112 valence electrons. The highest BCUT2D eigenvalue weighted by molar-refractivity contribution is 5.69. The van der Waals surface area contributed by atoms with Gasteiger partial charge in [-0.05, 0) is 25.5 Å². The van der Waals surface area contributed by atoms with Crippen molar-refractivity contribution in [3.8, 4) is 0 Å². The van der Waals surface area contributed by atoms with Gasteiger partial charge in [0, 0.05) is 31.2 Å². The minimum absolute atomic E-state index is 0.136. The molecule has 1 unspecified atom stereocenters. The normalized spacial score (nSPS) is 19.8. The Bertz CT molecular complexity index is 592. The van der Waals surface area contributed by atoms with E-state index in [0.717, 1.165) is 25.2 Å². The Morgan fingerprint density at radius 3 is 3.19 bits per heavy atom. The van der Waals surface area contributed by atoms with Crippen LogP contribution >= 0.6 is 0 Å². The Kier molecular flexibility index (Phi) is 4.15. The highest BCUT2D eigenvalue weighted by Crippen LogP contribution is 2.22. The summed E-state index contributed by atoms with van der Waals surface area (Å²) in [6.45, 7) is 1.76. The first-order valence-corrected chi connectivity index (χ1v) is 7.36. The minimum atomic E-state index is -0.136. The molecule has 6 nitrogen and oxygen atoms in total. The number of esters is 1. The monoisotopic (exact) mass is 288 g/mol. The predicted molar refractivity (Wildman–Crippen MR) is 77.7 cm³/mol. The molecular formula is C15H20N4O2. The quantitative estimate of drug-likeness (QED) is 0.801. The number of hydrogen-bond acceptors (Lipinski definition) is 5. The second-order valence-electron chi connectivity index (χ2n) is 5.46. The third kappa shape index (κ3) is 3.21. The van der Waals surface area contributed by atoms with Crippen LogP contribution in [0.2, 0.25) is 0 Å². The molecular weight excluding hydrogens is 268 g/mol. The molecule has 0 radical (unpaired) electrons. The molecule has 2 aromatic rings. The molecule has 0 aromatic carbocycles. The SMILES string of the molecule is COC(=O)CC1CCCCN1Cc1cn2cccnc2n1. The molecule has 0 spiro atoms. The second-order valence-corrected chi connectivity index (χ2v) is 5.46. The maximum absolute atomic E-state index is 11.5. The van der Waals surface area contributed by atoms with Gasteiger partial charge in [0.2, 0.25) is 5.78 Å². The predicted octanol–water partition coefficient (Wildman–Crippen LogP) is 1.65. The molecule has 1 saturated heterocycles. The summed E-state index contributed by atoms with van der Waals surface area (Å²) in [6.07, 6.45) is 9.54. The van der Waals surface area contributed by atoms with E-state index in [0.29, 0.717) is 12.2 Å². The van der Waals surface area contributed by atoms with Gasteiger partial charge in [0.15, 0.2) is 0 Å². The molecule has 3 heterocycles. The lowest BCUT2D eigenvalue weighted by Gasteiger charge is -2.34. The molecule has 0 saturated carbocycles. The minimum Gasteiger partial charge on any atom is -0.469 e. The van der Waals surface area contributed by atoms with Gasteiger partial charge >= 0.3 is 5.97 Å². The fraction of sp³-hybridized carbons (Fsp3) is 0.533. The number of methoxy groups -OCH3 is 1. The van der Waals surface area contributed by atoms with E-state index in [9.17, 15) is 4.79 Å². The number of rotatable bonds is 4. The first-order valence-electron chi connectivity index (χ1n) is 7.36. The summed E-state index contributed by atoms with van der Waals surface area (Å²) in [5, 5.41) is 0. The van der Waals surface area contributed by atoms with Gasteiger partial charge in [-0.3, -0.25) is 14.1 Å². The molecule has 6 heteroatoms. The third-order valence-electron chi connectivity index (χ3n) is 4.03. The molecule has 1 atom stereocenters. The Labute approximate surface area is 123 Å². The number of ether oxygens (including phenoxy) is 1. The zero-order valence-electron chi connectivity index (χ0n) is 12.2. The van der Waals surface area contributed by atoms with Gasteiger partial charge in [-0.15, -0.1) is 0 Å². The number of aromatic nitrogens is 3. The van der Waals surface area contributed by atoms with Crippen molar-refractivity contribution in [3.05, 3.63) is 30.4 Å². The molecule has 1 aliphatic rings. The zero-order chi connectivity index (χ0) is 14.7. The lowest BCUT2D eigenvalue weighted by molar-refractivity contribution is -0.142. The fourth-order valence-corrected chi connectivity index (χ4v) is 2.94. The number of nitrogens with zero attached hydrogens (tertiary/aromatic N) is 4. The van der Waals surface area contributed by atoms with E-state index in [1.165, 1.54) is 20.0 Å². The molecule has 1 fully saturated rings. The van der Waals surface area contributed by atoms with Crippen molar-refractivity contribution in [2.45, 2.75) is 38.3 Å². The van der Waals surface area contributed by atoms with Crippen LogP contribution in [0.15, 0.2) is 24.7 Å². The van der Waals surface area contributed by atoms with Crippen molar-refractivity contribution in [2.24, 2.45) is 0 Å². The number of carbonyl (C=O) groups is 1. The Morgan fingerprint density at radius 2 is 2.38 bits per heavy atom. The van der Waals surface area contributed by atoms with Crippen molar-refractivity contribution in [1.29, 1.82) is 0 Å². The van der Waals surface area contributed by atoms with Gasteiger partial charge in [0.1, 0.15) is 0 Å². The topological polar surface area (TPSA) is 59.7 Å². The van der Waals surface area contributed by atoms with E-state index in [4.69, 9.17) is 4.74 Å². The van der Waals surface area contributed by atoms with Crippen LogP contribution in [-0.4, -0.2) is 44.9 Å². The van der Waals surface area contributed by atoms with Gasteiger partial charge in [-0.25, -0.2) is 9.97 Å². The zero-order valence-corrected chi connectivity index (χ0v) is 12.2. The van der Waals surface area contributed by atoms with Crippen LogP contribution in [0.3, 0.4) is 0 Å². The van der Waals surface area contributed by atoms with Crippen LogP contribution in [0.25, 0.3) is 5.78 Å². The summed E-state index contributed by atoms with van der Waals surface area (Å²) < 4.78 is 6.73. The maximum atomic E-state index is 11.5.